The molecule has 2 heterocycles. The molecule has 2 atom stereocenters. The molecule has 8 nitrogen and oxygen atoms in total. The molecule has 10 heteroatoms. The summed E-state index contributed by atoms with van der Waals surface area (Å²) in [4.78, 5) is 22.9. The Kier molecular flexibility index (Phi) is 5.58. The van der Waals surface area contributed by atoms with Gasteiger partial charge in [-0.05, 0) is 44.4 Å². The van der Waals surface area contributed by atoms with Gasteiger partial charge in [0.1, 0.15) is 29.5 Å². The number of carbonyl (C=O) groups excluding carboxylic acids is 1. The molecule has 4 rings (SSSR count). The second kappa shape index (κ2) is 8.31. The predicted molar refractivity (Wildman–Crippen MR) is 106 cm³/mol. The number of nitrogens with one attached hydrogen (secondary N) is 2. The van der Waals surface area contributed by atoms with Crippen molar-refractivity contribution in [3.8, 4) is 0 Å². The van der Waals surface area contributed by atoms with Gasteiger partial charge in [0, 0.05) is 18.7 Å². The highest BCUT2D eigenvalue weighted by molar-refractivity contribution is 6.07. The number of aliphatic hydroxyl groups is 1. The van der Waals surface area contributed by atoms with Crippen LogP contribution in [0.5, 0.6) is 0 Å². The summed E-state index contributed by atoms with van der Waals surface area (Å²) in [6, 6.07) is 2.97. The molecule has 0 radical (unpaired) electrons. The molecule has 0 unspecified atom stereocenters. The normalized spacial score (nSPS) is 18.7. The lowest BCUT2D eigenvalue weighted by atomic mass is 10.1. The minimum absolute atomic E-state index is 0.0812. The van der Waals surface area contributed by atoms with E-state index in [1.165, 1.54) is 11.2 Å². The van der Waals surface area contributed by atoms with Gasteiger partial charge in [0.15, 0.2) is 5.65 Å². The summed E-state index contributed by atoms with van der Waals surface area (Å²) < 4.78 is 27.6. The molecule has 1 aliphatic rings. The molecular weight excluding hydrogens is 394 g/mol. The monoisotopic (exact) mass is 416 g/mol. The average Bonchev–Trinajstić information content (AvgIpc) is 3.35. The Morgan fingerprint density at radius 3 is 2.90 bits per heavy atom. The number of anilines is 1. The number of fused-ring (bicyclic) bond motifs is 1. The molecule has 1 fully saturated rings. The van der Waals surface area contributed by atoms with E-state index < -0.39 is 23.6 Å². The second-order valence-corrected chi connectivity index (χ2v) is 7.32. The number of nitrogens with zero attached hydrogens (tertiary/aromatic N) is 4. The minimum Gasteiger partial charge on any atom is -0.391 e. The topological polar surface area (TPSA) is 107 Å². The molecular formula is C20H22F2N6O2. The van der Waals surface area contributed by atoms with Crippen LogP contribution in [0.3, 0.4) is 0 Å². The van der Waals surface area contributed by atoms with Crippen molar-refractivity contribution in [2.45, 2.75) is 44.9 Å². The van der Waals surface area contributed by atoms with Crippen molar-refractivity contribution in [3.05, 3.63) is 47.4 Å². The van der Waals surface area contributed by atoms with Gasteiger partial charge in [0.05, 0.1) is 17.5 Å². The van der Waals surface area contributed by atoms with Crippen LogP contribution < -0.4 is 5.32 Å². The van der Waals surface area contributed by atoms with Crippen LogP contribution in [0.4, 0.5) is 14.6 Å². The molecule has 0 aliphatic heterocycles. The number of aromatic amines is 1. The van der Waals surface area contributed by atoms with E-state index in [4.69, 9.17) is 0 Å². The summed E-state index contributed by atoms with van der Waals surface area (Å²) in [6.45, 7) is 1.92. The summed E-state index contributed by atoms with van der Waals surface area (Å²) in [5.74, 6) is -1.19. The number of H-pyrrole nitrogens is 1. The van der Waals surface area contributed by atoms with Crippen LogP contribution >= 0.6 is 0 Å². The van der Waals surface area contributed by atoms with E-state index in [0.717, 1.165) is 31.0 Å². The summed E-state index contributed by atoms with van der Waals surface area (Å²) in [5, 5.41) is 20.5. The Morgan fingerprint density at radius 1 is 1.33 bits per heavy atom. The number of carbonyl (C=O) groups is 1. The van der Waals surface area contributed by atoms with Crippen LogP contribution in [0, 0.1) is 11.6 Å². The molecule has 1 aromatic carbocycles. The summed E-state index contributed by atoms with van der Waals surface area (Å²) in [6.07, 6.45) is 3.22. The molecule has 1 aliphatic carbocycles. The van der Waals surface area contributed by atoms with Gasteiger partial charge in [-0.25, -0.2) is 18.7 Å². The van der Waals surface area contributed by atoms with E-state index in [-0.39, 0.29) is 30.4 Å². The lowest BCUT2D eigenvalue weighted by Crippen LogP contribution is -2.32. The van der Waals surface area contributed by atoms with Crippen molar-refractivity contribution in [1.29, 1.82) is 0 Å². The second-order valence-electron chi connectivity index (χ2n) is 7.32. The summed E-state index contributed by atoms with van der Waals surface area (Å²) in [5.41, 5.74) is 0.535. The van der Waals surface area contributed by atoms with E-state index in [1.54, 1.807) is 6.92 Å². The van der Waals surface area contributed by atoms with Gasteiger partial charge in [-0.2, -0.15) is 5.10 Å². The van der Waals surface area contributed by atoms with Gasteiger partial charge in [0.2, 0.25) is 0 Å². The zero-order valence-electron chi connectivity index (χ0n) is 16.4. The fraction of sp³-hybridized carbons (Fsp3) is 0.400. The maximum absolute atomic E-state index is 14.1. The van der Waals surface area contributed by atoms with Gasteiger partial charge in [-0.15, -0.1) is 0 Å². The Bertz CT molecular complexity index is 1070. The SMILES string of the molecule is CCN(Cc1cc(F)ccc1F)C(=O)c1[nH]nc2ncnc(N[C@@H]3CCC[C@H]3O)c12. The van der Waals surface area contributed by atoms with Gasteiger partial charge < -0.3 is 15.3 Å². The van der Waals surface area contributed by atoms with Crippen LogP contribution in [0.25, 0.3) is 11.0 Å². The number of hydrogen-bond donors (Lipinski definition) is 3. The fourth-order valence-corrected chi connectivity index (χ4v) is 3.76. The lowest BCUT2D eigenvalue weighted by Gasteiger charge is -2.21. The largest absolute Gasteiger partial charge is 0.391 e. The molecule has 0 saturated heterocycles. The summed E-state index contributed by atoms with van der Waals surface area (Å²) >= 11 is 0. The molecule has 3 aromatic rings. The third-order valence-electron chi connectivity index (χ3n) is 5.40. The Labute approximate surface area is 171 Å². The summed E-state index contributed by atoms with van der Waals surface area (Å²) in [7, 11) is 0. The van der Waals surface area contributed by atoms with Crippen LogP contribution in [-0.4, -0.2) is 54.8 Å². The number of amides is 1. The Balaban J connectivity index is 1.65. The highest BCUT2D eigenvalue weighted by atomic mass is 19.1. The van der Waals surface area contributed by atoms with E-state index in [2.05, 4.69) is 25.5 Å². The highest BCUT2D eigenvalue weighted by Crippen LogP contribution is 2.28. The number of halogens is 2. The number of benzene rings is 1. The standard InChI is InChI=1S/C20H22F2N6O2/c1-2-28(9-11-8-12(21)6-7-13(11)22)20(30)17-16-18(23-10-24-19(16)27-26-17)25-14-4-3-5-15(14)29/h6-8,10,14-15,29H,2-5,9H2,1H3,(H2,23,24,25,26,27)/t14-,15-/m1/s1. The van der Waals surface area contributed by atoms with Gasteiger partial charge in [-0.3, -0.25) is 9.89 Å². The lowest BCUT2D eigenvalue weighted by molar-refractivity contribution is 0.0747. The van der Waals surface area contributed by atoms with Crippen LogP contribution in [-0.2, 0) is 6.54 Å². The molecule has 0 spiro atoms. The maximum Gasteiger partial charge on any atom is 0.273 e. The zero-order valence-corrected chi connectivity index (χ0v) is 16.4. The van der Waals surface area contributed by atoms with Gasteiger partial charge in [0.25, 0.3) is 5.91 Å². The van der Waals surface area contributed by atoms with Crippen molar-refractivity contribution in [2.75, 3.05) is 11.9 Å². The molecule has 3 N–H and O–H groups in total. The molecule has 0 bridgehead atoms. The first-order valence-electron chi connectivity index (χ1n) is 9.84. The van der Waals surface area contributed by atoms with Crippen molar-refractivity contribution in [1.82, 2.24) is 25.1 Å². The van der Waals surface area contributed by atoms with E-state index in [9.17, 15) is 18.7 Å². The van der Waals surface area contributed by atoms with Crippen molar-refractivity contribution in [2.24, 2.45) is 0 Å². The molecule has 1 amide bonds. The van der Waals surface area contributed by atoms with E-state index in [0.29, 0.717) is 23.3 Å². The number of aliphatic hydroxyl groups excluding tert-OH is 1. The fourth-order valence-electron chi connectivity index (χ4n) is 3.76. The molecule has 30 heavy (non-hydrogen) atoms. The Morgan fingerprint density at radius 2 is 2.17 bits per heavy atom. The van der Waals surface area contributed by atoms with Gasteiger partial charge in [-0.1, -0.05) is 0 Å². The van der Waals surface area contributed by atoms with Crippen LogP contribution in [0.15, 0.2) is 24.5 Å². The smallest absolute Gasteiger partial charge is 0.273 e. The molecule has 158 valence electrons. The number of rotatable bonds is 6. The quantitative estimate of drug-likeness (QED) is 0.570. The first-order valence-corrected chi connectivity index (χ1v) is 9.84. The maximum atomic E-state index is 14.1. The zero-order chi connectivity index (χ0) is 21.3. The predicted octanol–water partition coefficient (Wildman–Crippen LogP) is 2.62. The third kappa shape index (κ3) is 3.82. The third-order valence-corrected chi connectivity index (χ3v) is 5.40. The van der Waals surface area contributed by atoms with Crippen molar-refractivity contribution < 1.29 is 18.7 Å². The van der Waals surface area contributed by atoms with Crippen LogP contribution in [0.2, 0.25) is 0 Å². The van der Waals surface area contributed by atoms with Crippen molar-refractivity contribution in [3.63, 3.8) is 0 Å². The molecule has 2 aromatic heterocycles. The Hall–Kier alpha value is -3.14. The molecule has 1 saturated carbocycles. The minimum atomic E-state index is -0.585. The number of aromatic nitrogens is 4. The van der Waals surface area contributed by atoms with E-state index in [1.807, 2.05) is 0 Å². The van der Waals surface area contributed by atoms with Crippen LogP contribution in [0.1, 0.15) is 42.2 Å². The van der Waals surface area contributed by atoms with Gasteiger partial charge >= 0.3 is 0 Å². The average molecular weight is 416 g/mol. The van der Waals surface area contributed by atoms with E-state index >= 15 is 0 Å². The highest BCUT2D eigenvalue weighted by Gasteiger charge is 2.28. The number of hydrogen-bond acceptors (Lipinski definition) is 6. The van der Waals surface area contributed by atoms with Crippen molar-refractivity contribution >= 4 is 22.8 Å². The first kappa shape index (κ1) is 20.1. The first-order chi connectivity index (χ1) is 14.5.